The molecule has 11 nitrogen and oxygen atoms in total. The van der Waals surface area contributed by atoms with E-state index in [4.69, 9.17) is 22.1 Å². The average Bonchev–Trinajstić information content (AvgIpc) is 3.45. The van der Waals surface area contributed by atoms with Crippen molar-refractivity contribution in [3.63, 3.8) is 0 Å². The van der Waals surface area contributed by atoms with Gasteiger partial charge in [0, 0.05) is 81.7 Å². The summed E-state index contributed by atoms with van der Waals surface area (Å²) in [5, 5.41) is 6.60. The molecular weight excluding hydrogens is 671 g/mol. The predicted octanol–water partition coefficient (Wildman–Crippen LogP) is 5.35. The standard InChI is InChI=1S/C32H35ClF3N7O4S/c33-25-16-20(15-24(28(25)37)32(34,35)36)17-27(29(44)41-13-11-40(12-14-41)22-1-6-38-7-2-22)47-31(46)42-8-4-23(5-9-42)43-10-3-21-18-48-19-26(21)39-30(43)45/h1-2,6-7,15-16,18-19,23,27H,3-5,8-14,17,37H2,(H,39,45)/t27-/m1/s1. The number of fused-ring (bicyclic) bond motifs is 1. The minimum atomic E-state index is -4.77. The number of ether oxygens (including phenoxy) is 1. The van der Waals surface area contributed by atoms with Gasteiger partial charge in [-0.2, -0.15) is 13.2 Å². The number of thiophene rings is 1. The van der Waals surface area contributed by atoms with Gasteiger partial charge in [0.15, 0.2) is 6.10 Å². The molecular formula is C32H35ClF3N7O4S. The van der Waals surface area contributed by atoms with Gasteiger partial charge in [-0.05, 0) is 60.0 Å². The molecule has 3 aliphatic heterocycles. The Labute approximate surface area is 284 Å². The number of nitrogens with zero attached hydrogens (tertiary/aromatic N) is 5. The number of nitrogen functional groups attached to an aromatic ring is 1. The van der Waals surface area contributed by atoms with Gasteiger partial charge >= 0.3 is 18.3 Å². The average molecular weight is 706 g/mol. The van der Waals surface area contributed by atoms with Crippen LogP contribution in [0.5, 0.6) is 0 Å². The summed E-state index contributed by atoms with van der Waals surface area (Å²) in [4.78, 5) is 51.3. The number of amides is 4. The maximum absolute atomic E-state index is 13.9. The molecule has 0 saturated carbocycles. The van der Waals surface area contributed by atoms with Crippen molar-refractivity contribution < 1.29 is 32.3 Å². The minimum Gasteiger partial charge on any atom is -0.436 e. The Morgan fingerprint density at radius 3 is 2.44 bits per heavy atom. The second-order valence-electron chi connectivity index (χ2n) is 12.0. The smallest absolute Gasteiger partial charge is 0.418 e. The predicted molar refractivity (Wildman–Crippen MR) is 176 cm³/mol. The van der Waals surface area contributed by atoms with E-state index in [9.17, 15) is 27.6 Å². The van der Waals surface area contributed by atoms with Crippen molar-refractivity contribution in [3.8, 4) is 0 Å². The van der Waals surface area contributed by atoms with Crippen molar-refractivity contribution >= 4 is 58.0 Å². The highest BCUT2D eigenvalue weighted by Gasteiger charge is 2.38. The zero-order valence-electron chi connectivity index (χ0n) is 25.9. The second-order valence-corrected chi connectivity index (χ2v) is 13.2. The minimum absolute atomic E-state index is 0.0578. The summed E-state index contributed by atoms with van der Waals surface area (Å²) in [6.07, 6.45) is -2.15. The van der Waals surface area contributed by atoms with Crippen LogP contribution in [0.3, 0.4) is 0 Å². The monoisotopic (exact) mass is 705 g/mol. The van der Waals surface area contributed by atoms with Crippen LogP contribution in [0, 0.1) is 0 Å². The fourth-order valence-corrected chi connectivity index (χ4v) is 7.49. The van der Waals surface area contributed by atoms with E-state index in [0.29, 0.717) is 45.6 Å². The third-order valence-corrected chi connectivity index (χ3v) is 10.2. The highest BCUT2D eigenvalue weighted by molar-refractivity contribution is 7.08. The molecule has 0 bridgehead atoms. The topological polar surface area (TPSA) is 124 Å². The van der Waals surface area contributed by atoms with E-state index in [1.165, 1.54) is 11.0 Å². The van der Waals surface area contributed by atoms with E-state index < -0.39 is 35.5 Å². The molecule has 5 heterocycles. The molecule has 3 aliphatic rings. The molecule has 2 saturated heterocycles. The summed E-state index contributed by atoms with van der Waals surface area (Å²) in [7, 11) is 0. The largest absolute Gasteiger partial charge is 0.436 e. The SMILES string of the molecule is Nc1c(Cl)cc(C[C@@H](OC(=O)N2CCC(N3CCc4cscc4NC3=O)CC2)C(=O)N2CCN(c3ccncc3)CC2)cc1C(F)(F)F. The van der Waals surface area contributed by atoms with Gasteiger partial charge in [0.2, 0.25) is 0 Å². The zero-order valence-corrected chi connectivity index (χ0v) is 27.5. The molecule has 1 atom stereocenters. The Kier molecular flexibility index (Phi) is 9.88. The van der Waals surface area contributed by atoms with Crippen molar-refractivity contribution in [2.45, 2.75) is 44.0 Å². The lowest BCUT2D eigenvalue weighted by atomic mass is 10.0. The number of likely N-dealkylation sites (tertiary alicyclic amines) is 1. The Hall–Kier alpha value is -4.24. The fourth-order valence-electron chi connectivity index (χ4n) is 6.42. The molecule has 256 valence electrons. The molecule has 16 heteroatoms. The molecule has 0 aliphatic carbocycles. The molecule has 0 spiro atoms. The lowest BCUT2D eigenvalue weighted by Crippen LogP contribution is -2.54. The van der Waals surface area contributed by atoms with Gasteiger partial charge < -0.3 is 35.4 Å². The van der Waals surface area contributed by atoms with Crippen molar-refractivity contribution in [1.82, 2.24) is 19.7 Å². The maximum atomic E-state index is 13.9. The number of piperazine rings is 1. The van der Waals surface area contributed by atoms with Crippen molar-refractivity contribution in [1.29, 1.82) is 0 Å². The van der Waals surface area contributed by atoms with Gasteiger partial charge in [-0.15, -0.1) is 11.3 Å². The number of hydrogen-bond acceptors (Lipinski definition) is 8. The van der Waals surface area contributed by atoms with E-state index >= 15 is 0 Å². The number of benzene rings is 1. The number of carbonyl (C=O) groups excluding carboxylic acids is 3. The number of urea groups is 1. The van der Waals surface area contributed by atoms with Crippen LogP contribution in [-0.4, -0.2) is 95.7 Å². The summed E-state index contributed by atoms with van der Waals surface area (Å²) >= 11 is 7.62. The molecule has 2 fully saturated rings. The number of halogens is 4. The highest BCUT2D eigenvalue weighted by Crippen LogP contribution is 2.38. The van der Waals surface area contributed by atoms with Crippen LogP contribution in [0.4, 0.5) is 39.8 Å². The number of rotatable bonds is 6. The lowest BCUT2D eigenvalue weighted by Gasteiger charge is -2.39. The Bertz CT molecular complexity index is 1640. The van der Waals surface area contributed by atoms with Crippen LogP contribution >= 0.6 is 22.9 Å². The van der Waals surface area contributed by atoms with Crippen molar-refractivity contribution in [2.75, 3.05) is 61.8 Å². The van der Waals surface area contributed by atoms with E-state index in [1.807, 2.05) is 22.9 Å². The van der Waals surface area contributed by atoms with Crippen LogP contribution in [0.15, 0.2) is 47.4 Å². The molecule has 3 N–H and O–H groups in total. The summed E-state index contributed by atoms with van der Waals surface area (Å²) in [5.74, 6) is -0.511. The van der Waals surface area contributed by atoms with Crippen molar-refractivity contribution in [3.05, 3.63) is 69.1 Å². The first-order valence-electron chi connectivity index (χ1n) is 15.6. The van der Waals surface area contributed by atoms with E-state index in [-0.39, 0.29) is 42.2 Å². The quantitative estimate of drug-likeness (QED) is 0.332. The second kappa shape index (κ2) is 14.1. The molecule has 2 aromatic heterocycles. The number of aromatic nitrogens is 1. The maximum Gasteiger partial charge on any atom is 0.418 e. The van der Waals surface area contributed by atoms with E-state index in [0.717, 1.165) is 29.4 Å². The number of nitrogens with two attached hydrogens (primary N) is 1. The van der Waals surface area contributed by atoms with E-state index in [1.54, 1.807) is 33.5 Å². The molecule has 0 radical (unpaired) electrons. The highest BCUT2D eigenvalue weighted by atomic mass is 35.5. The Morgan fingerprint density at radius 1 is 1.04 bits per heavy atom. The summed E-state index contributed by atoms with van der Waals surface area (Å²) in [6.45, 7) is 2.78. The summed E-state index contributed by atoms with van der Waals surface area (Å²) in [5.41, 5.74) is 6.82. The van der Waals surface area contributed by atoms with Crippen LogP contribution in [-0.2, 0) is 28.5 Å². The summed E-state index contributed by atoms with van der Waals surface area (Å²) < 4.78 is 47.0. The van der Waals surface area contributed by atoms with Crippen LogP contribution in [0.25, 0.3) is 0 Å². The molecule has 0 unspecified atom stereocenters. The molecule has 6 rings (SSSR count). The first-order chi connectivity index (χ1) is 23.0. The number of piperidine rings is 1. The number of alkyl halides is 3. The molecule has 3 aromatic rings. The summed E-state index contributed by atoms with van der Waals surface area (Å²) in [6, 6.07) is 5.57. The Balaban J connectivity index is 1.14. The fraction of sp³-hybridized carbons (Fsp3) is 0.438. The van der Waals surface area contributed by atoms with Crippen LogP contribution < -0.4 is 16.0 Å². The zero-order chi connectivity index (χ0) is 34.0. The number of pyridine rings is 1. The Morgan fingerprint density at radius 2 is 1.75 bits per heavy atom. The normalized spacial score (nSPS) is 18.2. The first kappa shape index (κ1) is 33.7. The first-order valence-corrected chi connectivity index (χ1v) is 17.0. The van der Waals surface area contributed by atoms with Crippen LogP contribution in [0.1, 0.15) is 29.5 Å². The van der Waals surface area contributed by atoms with E-state index in [2.05, 4.69) is 15.2 Å². The number of hydrogen-bond donors (Lipinski definition) is 2. The van der Waals surface area contributed by atoms with Gasteiger partial charge in [0.05, 0.1) is 22.0 Å². The molecule has 4 amide bonds. The third kappa shape index (κ3) is 7.41. The molecule has 1 aromatic carbocycles. The van der Waals surface area contributed by atoms with Gasteiger partial charge in [0.25, 0.3) is 5.91 Å². The number of anilines is 3. The lowest BCUT2D eigenvalue weighted by molar-refractivity contribution is -0.141. The molecule has 48 heavy (non-hydrogen) atoms. The van der Waals surface area contributed by atoms with Gasteiger partial charge in [0.1, 0.15) is 0 Å². The van der Waals surface area contributed by atoms with Crippen molar-refractivity contribution in [2.24, 2.45) is 0 Å². The van der Waals surface area contributed by atoms with Gasteiger partial charge in [-0.25, -0.2) is 9.59 Å². The van der Waals surface area contributed by atoms with Gasteiger partial charge in [-0.1, -0.05) is 11.6 Å². The number of carbonyl (C=O) groups is 3. The van der Waals surface area contributed by atoms with Crippen LogP contribution in [0.2, 0.25) is 5.02 Å². The third-order valence-electron chi connectivity index (χ3n) is 9.08. The number of nitrogens with one attached hydrogen (secondary N) is 1. The van der Waals surface area contributed by atoms with Gasteiger partial charge in [-0.3, -0.25) is 9.78 Å².